The monoisotopic (exact) mass is 525 g/mol. The molecule has 0 saturated heterocycles. The maximum absolute atomic E-state index is 14.2. The molecule has 3 amide bonds. The van der Waals surface area contributed by atoms with Gasteiger partial charge in [0.15, 0.2) is 0 Å². The molecule has 3 atom stereocenters. The van der Waals surface area contributed by atoms with Gasteiger partial charge in [-0.1, -0.05) is 69.3 Å². The molecule has 0 radical (unpaired) electrons. The van der Waals surface area contributed by atoms with E-state index in [1.165, 1.54) is 4.90 Å². The molecule has 38 heavy (non-hydrogen) atoms. The van der Waals surface area contributed by atoms with Gasteiger partial charge >= 0.3 is 6.09 Å². The lowest BCUT2D eigenvalue weighted by Crippen LogP contribution is -2.57. The molecule has 0 fully saturated rings. The molecule has 0 aliphatic carbocycles. The second-order valence-corrected chi connectivity index (χ2v) is 11.0. The van der Waals surface area contributed by atoms with E-state index in [1.54, 1.807) is 45.9 Å². The molecule has 8 nitrogen and oxygen atoms in total. The first-order valence-corrected chi connectivity index (χ1v) is 13.2. The zero-order valence-electron chi connectivity index (χ0n) is 23.9. The summed E-state index contributed by atoms with van der Waals surface area (Å²) in [4.78, 5) is 42.1. The Morgan fingerprint density at radius 1 is 1.00 bits per heavy atom. The molecule has 0 spiro atoms. The minimum atomic E-state index is -1.12. The van der Waals surface area contributed by atoms with Gasteiger partial charge in [-0.2, -0.15) is 0 Å². The Balaban J connectivity index is 2.54. The lowest BCUT2D eigenvalue weighted by atomic mass is 9.95. The number of alkyl carbamates (subject to hydrolysis) is 1. The Labute approximate surface area is 226 Å². The highest BCUT2D eigenvalue weighted by Gasteiger charge is 2.40. The standard InChI is InChI=1S/C30H43N3O5/c1-9-21(5)33(28(36)24(19(2)3)32-29(37)38-30(6,7)8)25(23-17-13-14-20(4)26(23)34)27(35)31-18-22-15-11-10-12-16-22/h10-17,19,21,24-25,34H,9,18H2,1-8H3,(H,31,35)(H,32,37). The van der Waals surface area contributed by atoms with E-state index in [0.717, 1.165) is 5.56 Å². The SMILES string of the molecule is CCC(C)N(C(=O)C(NC(=O)OC(C)(C)C)C(C)C)C(C(=O)NCc1ccccc1)c1cccc(C)c1O. The highest BCUT2D eigenvalue weighted by Crippen LogP contribution is 2.34. The van der Waals surface area contributed by atoms with Crippen LogP contribution in [0, 0.1) is 12.8 Å². The number of phenolic OH excluding ortho intramolecular Hbond substituents is 1. The molecular formula is C30H43N3O5. The molecule has 0 aliphatic heterocycles. The van der Waals surface area contributed by atoms with Crippen LogP contribution >= 0.6 is 0 Å². The first-order chi connectivity index (χ1) is 17.8. The van der Waals surface area contributed by atoms with E-state index < -0.39 is 35.6 Å². The molecule has 0 aliphatic rings. The number of carbonyl (C=O) groups excluding carboxylic acids is 3. The van der Waals surface area contributed by atoms with Crippen LogP contribution in [-0.4, -0.2) is 45.6 Å². The zero-order valence-corrected chi connectivity index (χ0v) is 23.9. The fourth-order valence-corrected chi connectivity index (χ4v) is 4.11. The zero-order chi connectivity index (χ0) is 28.6. The maximum atomic E-state index is 14.2. The van der Waals surface area contributed by atoms with Crippen molar-refractivity contribution in [1.82, 2.24) is 15.5 Å². The highest BCUT2D eigenvalue weighted by atomic mass is 16.6. The fraction of sp³-hybridized carbons (Fsp3) is 0.500. The van der Waals surface area contributed by atoms with Crippen LogP contribution in [0.25, 0.3) is 0 Å². The van der Waals surface area contributed by atoms with E-state index in [0.29, 0.717) is 17.5 Å². The summed E-state index contributed by atoms with van der Waals surface area (Å²) in [7, 11) is 0. The third-order valence-electron chi connectivity index (χ3n) is 6.32. The molecule has 0 bridgehead atoms. The number of phenols is 1. The molecule has 0 heterocycles. The number of nitrogens with zero attached hydrogens (tertiary/aromatic N) is 1. The molecule has 2 rings (SSSR count). The minimum absolute atomic E-state index is 0.0466. The fourth-order valence-electron chi connectivity index (χ4n) is 4.11. The Hall–Kier alpha value is -3.55. The number of aryl methyl sites for hydroxylation is 1. The smallest absolute Gasteiger partial charge is 0.408 e. The van der Waals surface area contributed by atoms with Gasteiger partial charge in [0.05, 0.1) is 0 Å². The quantitative estimate of drug-likeness (QED) is 0.393. The largest absolute Gasteiger partial charge is 0.507 e. The minimum Gasteiger partial charge on any atom is -0.507 e. The average Bonchev–Trinajstić information content (AvgIpc) is 2.85. The van der Waals surface area contributed by atoms with Gasteiger partial charge in [0.2, 0.25) is 11.8 Å². The van der Waals surface area contributed by atoms with Crippen LogP contribution in [0.5, 0.6) is 5.75 Å². The molecule has 3 unspecified atom stereocenters. The predicted molar refractivity (Wildman–Crippen MR) is 148 cm³/mol. The first kappa shape index (κ1) is 30.7. The number of rotatable bonds is 10. The Morgan fingerprint density at radius 2 is 1.63 bits per heavy atom. The summed E-state index contributed by atoms with van der Waals surface area (Å²) >= 11 is 0. The van der Waals surface area contributed by atoms with Gasteiger partial charge < -0.3 is 25.4 Å². The highest BCUT2D eigenvalue weighted by molar-refractivity contribution is 5.93. The Morgan fingerprint density at radius 3 is 2.18 bits per heavy atom. The van der Waals surface area contributed by atoms with Crippen molar-refractivity contribution in [3.05, 3.63) is 65.2 Å². The summed E-state index contributed by atoms with van der Waals surface area (Å²) in [5, 5.41) is 16.7. The number of amides is 3. The summed E-state index contributed by atoms with van der Waals surface area (Å²) in [6.45, 7) is 14.7. The topological polar surface area (TPSA) is 108 Å². The van der Waals surface area contributed by atoms with Crippen molar-refractivity contribution in [2.45, 2.75) is 92.1 Å². The van der Waals surface area contributed by atoms with Gasteiger partial charge in [-0.25, -0.2) is 4.79 Å². The summed E-state index contributed by atoms with van der Waals surface area (Å²) in [6, 6.07) is 12.2. The van der Waals surface area contributed by atoms with Crippen LogP contribution < -0.4 is 10.6 Å². The second-order valence-electron chi connectivity index (χ2n) is 11.0. The van der Waals surface area contributed by atoms with Gasteiger partial charge in [-0.15, -0.1) is 0 Å². The van der Waals surface area contributed by atoms with Crippen molar-refractivity contribution in [3.63, 3.8) is 0 Å². The van der Waals surface area contributed by atoms with Crippen molar-refractivity contribution in [3.8, 4) is 5.75 Å². The predicted octanol–water partition coefficient (Wildman–Crippen LogP) is 5.23. The third kappa shape index (κ3) is 8.23. The maximum Gasteiger partial charge on any atom is 0.408 e. The number of hydrogen-bond donors (Lipinski definition) is 3. The van der Waals surface area contributed by atoms with Gasteiger partial charge in [0.1, 0.15) is 23.4 Å². The summed E-state index contributed by atoms with van der Waals surface area (Å²) in [6.07, 6.45) is -0.157. The Kier molecular flexibility index (Phi) is 10.7. The molecule has 208 valence electrons. The summed E-state index contributed by atoms with van der Waals surface area (Å²) in [5.74, 6) is -1.19. The number of aromatic hydroxyl groups is 1. The van der Waals surface area contributed by atoms with Crippen LogP contribution in [0.4, 0.5) is 4.79 Å². The van der Waals surface area contributed by atoms with E-state index >= 15 is 0 Å². The number of carbonyl (C=O) groups is 3. The molecule has 2 aromatic rings. The number of ether oxygens (including phenoxy) is 1. The van der Waals surface area contributed by atoms with Gasteiger partial charge in [-0.3, -0.25) is 9.59 Å². The van der Waals surface area contributed by atoms with Crippen molar-refractivity contribution >= 4 is 17.9 Å². The normalized spacial score (nSPS) is 13.8. The lowest BCUT2D eigenvalue weighted by molar-refractivity contribution is -0.146. The molecule has 2 aromatic carbocycles. The first-order valence-electron chi connectivity index (χ1n) is 13.2. The van der Waals surface area contributed by atoms with E-state index in [4.69, 9.17) is 4.74 Å². The van der Waals surface area contributed by atoms with E-state index in [1.807, 2.05) is 58.0 Å². The van der Waals surface area contributed by atoms with Crippen LogP contribution in [0.1, 0.15) is 77.6 Å². The number of nitrogens with one attached hydrogen (secondary N) is 2. The van der Waals surface area contributed by atoms with Crippen LogP contribution in [0.3, 0.4) is 0 Å². The molecule has 3 N–H and O–H groups in total. The average molecular weight is 526 g/mol. The van der Waals surface area contributed by atoms with Crippen molar-refractivity contribution in [2.75, 3.05) is 0 Å². The lowest BCUT2D eigenvalue weighted by Gasteiger charge is -2.39. The number of benzene rings is 2. The second kappa shape index (κ2) is 13.3. The van der Waals surface area contributed by atoms with E-state index in [9.17, 15) is 19.5 Å². The molecule has 8 heteroatoms. The van der Waals surface area contributed by atoms with Crippen molar-refractivity contribution in [2.24, 2.45) is 5.92 Å². The van der Waals surface area contributed by atoms with Crippen LogP contribution in [-0.2, 0) is 20.9 Å². The third-order valence-corrected chi connectivity index (χ3v) is 6.32. The van der Waals surface area contributed by atoms with Gasteiger partial charge in [0.25, 0.3) is 0 Å². The molecule has 0 aromatic heterocycles. The molecular weight excluding hydrogens is 482 g/mol. The van der Waals surface area contributed by atoms with Gasteiger partial charge in [-0.05, 0) is 58.1 Å². The van der Waals surface area contributed by atoms with Crippen LogP contribution in [0.2, 0.25) is 0 Å². The number of para-hydroxylation sites is 1. The van der Waals surface area contributed by atoms with E-state index in [-0.39, 0.29) is 24.3 Å². The van der Waals surface area contributed by atoms with Crippen molar-refractivity contribution < 1.29 is 24.2 Å². The van der Waals surface area contributed by atoms with Crippen molar-refractivity contribution in [1.29, 1.82) is 0 Å². The van der Waals surface area contributed by atoms with E-state index in [2.05, 4.69) is 10.6 Å². The summed E-state index contributed by atoms with van der Waals surface area (Å²) < 4.78 is 5.41. The number of hydrogen-bond acceptors (Lipinski definition) is 5. The van der Waals surface area contributed by atoms with Crippen LogP contribution in [0.15, 0.2) is 48.5 Å². The molecule has 0 saturated carbocycles. The summed E-state index contributed by atoms with van der Waals surface area (Å²) in [5.41, 5.74) is 1.08. The Bertz CT molecular complexity index is 1090. The van der Waals surface area contributed by atoms with Gasteiger partial charge in [0, 0.05) is 18.2 Å².